The first-order chi connectivity index (χ1) is 15.1. The summed E-state index contributed by atoms with van der Waals surface area (Å²) in [5, 5.41) is 12.4. The van der Waals surface area contributed by atoms with Crippen LogP contribution in [0.25, 0.3) is 16.7 Å². The van der Waals surface area contributed by atoms with Crippen molar-refractivity contribution >= 4 is 16.8 Å². The Balaban J connectivity index is 1.39. The number of carbonyl (C=O) groups is 1. The van der Waals surface area contributed by atoms with Crippen LogP contribution in [0.2, 0.25) is 0 Å². The molecule has 3 aromatic heterocycles. The van der Waals surface area contributed by atoms with Crippen LogP contribution >= 0.6 is 0 Å². The number of nitrogens with one attached hydrogen (secondary N) is 2. The van der Waals surface area contributed by atoms with Crippen molar-refractivity contribution < 1.29 is 14.3 Å². The highest BCUT2D eigenvalue weighted by Gasteiger charge is 2.33. The van der Waals surface area contributed by atoms with Crippen LogP contribution in [0.3, 0.4) is 0 Å². The number of nitrogens with zero attached hydrogens (tertiary/aromatic N) is 4. The molecular formula is C21H20N6O4. The minimum absolute atomic E-state index is 0.268. The van der Waals surface area contributed by atoms with E-state index in [9.17, 15) is 9.59 Å². The van der Waals surface area contributed by atoms with Crippen LogP contribution in [0.5, 0.6) is 5.75 Å². The third-order valence-electron chi connectivity index (χ3n) is 5.31. The minimum atomic E-state index is -0.434. The number of fused-ring (bicyclic) bond motifs is 1. The number of hydrogen-bond donors (Lipinski definition) is 2. The largest absolute Gasteiger partial charge is 0.497 e. The highest BCUT2D eigenvalue weighted by molar-refractivity contribution is 5.98. The molecule has 2 atom stereocenters. The number of aromatic amines is 1. The lowest BCUT2D eigenvalue weighted by atomic mass is 10.1. The van der Waals surface area contributed by atoms with E-state index < -0.39 is 12.1 Å². The van der Waals surface area contributed by atoms with Gasteiger partial charge in [0.2, 0.25) is 0 Å². The van der Waals surface area contributed by atoms with Crippen molar-refractivity contribution in [2.24, 2.45) is 0 Å². The van der Waals surface area contributed by atoms with E-state index in [-0.39, 0.29) is 24.7 Å². The number of rotatable bonds is 5. The molecule has 1 fully saturated rings. The maximum Gasteiger partial charge on any atom is 0.268 e. The van der Waals surface area contributed by atoms with Crippen molar-refractivity contribution in [1.82, 2.24) is 29.9 Å². The first kappa shape index (κ1) is 19.1. The van der Waals surface area contributed by atoms with Crippen LogP contribution in [0, 0.1) is 0 Å². The Hall–Kier alpha value is -3.92. The predicted octanol–water partition coefficient (Wildman–Crippen LogP) is 1.29. The molecule has 1 aliphatic rings. The minimum Gasteiger partial charge on any atom is -0.497 e. The lowest BCUT2D eigenvalue weighted by molar-refractivity contribution is 0.0920. The number of carbonyl (C=O) groups excluding carboxylic acids is 1. The van der Waals surface area contributed by atoms with Gasteiger partial charge in [0.15, 0.2) is 5.82 Å². The van der Waals surface area contributed by atoms with Crippen molar-refractivity contribution in [2.75, 3.05) is 20.3 Å². The van der Waals surface area contributed by atoms with Gasteiger partial charge >= 0.3 is 0 Å². The lowest BCUT2D eigenvalue weighted by Crippen LogP contribution is -2.44. The van der Waals surface area contributed by atoms with Gasteiger partial charge < -0.3 is 19.8 Å². The van der Waals surface area contributed by atoms with E-state index in [0.29, 0.717) is 17.3 Å². The third kappa shape index (κ3) is 3.57. The summed E-state index contributed by atoms with van der Waals surface area (Å²) in [5.74, 6) is 0.922. The molecule has 4 heterocycles. The highest BCUT2D eigenvalue weighted by Crippen LogP contribution is 2.22. The van der Waals surface area contributed by atoms with E-state index >= 15 is 0 Å². The van der Waals surface area contributed by atoms with Gasteiger partial charge in [0.25, 0.3) is 11.5 Å². The summed E-state index contributed by atoms with van der Waals surface area (Å²) in [6.45, 7) is 0.550. The second-order valence-corrected chi connectivity index (χ2v) is 7.25. The molecule has 0 aliphatic carbocycles. The first-order valence-electron chi connectivity index (χ1n) is 9.77. The lowest BCUT2D eigenvalue weighted by Gasteiger charge is -2.20. The van der Waals surface area contributed by atoms with Crippen LogP contribution in [-0.2, 0) is 4.74 Å². The van der Waals surface area contributed by atoms with E-state index in [2.05, 4.69) is 20.5 Å². The normalized spacial score (nSPS) is 18.4. The quantitative estimate of drug-likeness (QED) is 0.503. The number of methoxy groups -OCH3 is 1. The topological polar surface area (TPSA) is 116 Å². The second kappa shape index (κ2) is 7.73. The number of amides is 1. The van der Waals surface area contributed by atoms with Crippen molar-refractivity contribution in [3.63, 3.8) is 0 Å². The zero-order chi connectivity index (χ0) is 21.4. The van der Waals surface area contributed by atoms with Gasteiger partial charge in [0.05, 0.1) is 26.4 Å². The summed E-state index contributed by atoms with van der Waals surface area (Å²) in [5.41, 5.74) is 0.941. The van der Waals surface area contributed by atoms with Gasteiger partial charge in [-0.25, -0.2) is 9.36 Å². The van der Waals surface area contributed by atoms with Gasteiger partial charge in [-0.05, 0) is 30.3 Å². The summed E-state index contributed by atoms with van der Waals surface area (Å²) >= 11 is 0. The molecule has 1 amide bonds. The molecule has 0 spiro atoms. The summed E-state index contributed by atoms with van der Waals surface area (Å²) in [7, 11) is 1.59. The van der Waals surface area contributed by atoms with Gasteiger partial charge in [0, 0.05) is 35.4 Å². The average molecular weight is 420 g/mol. The average Bonchev–Trinajstić information content (AvgIpc) is 3.54. The Kier molecular flexibility index (Phi) is 4.75. The van der Waals surface area contributed by atoms with Gasteiger partial charge in [-0.15, -0.1) is 5.10 Å². The Labute approximate surface area is 176 Å². The Bertz CT molecular complexity index is 1290. The Morgan fingerprint density at radius 3 is 2.97 bits per heavy atom. The van der Waals surface area contributed by atoms with E-state index in [1.54, 1.807) is 42.4 Å². The van der Waals surface area contributed by atoms with Gasteiger partial charge in [-0.2, -0.15) is 5.10 Å². The van der Waals surface area contributed by atoms with Gasteiger partial charge in [-0.3, -0.25) is 9.59 Å². The fraction of sp³-hybridized carbons (Fsp3) is 0.238. The fourth-order valence-corrected chi connectivity index (χ4v) is 3.70. The number of aromatic nitrogens is 5. The molecule has 2 N–H and O–H groups in total. The van der Waals surface area contributed by atoms with Crippen LogP contribution in [0.1, 0.15) is 16.5 Å². The standard InChI is InChI=1S/C21H20N6O4/c1-30-14-4-3-13-9-16(23-15(13)10-14)21(29)24-17-11-31-12-18(17)27-20(28)6-5-19(25-27)26-8-2-7-22-26/h2-10,17-18,23H,11-12H2,1H3,(H,24,29). The van der Waals surface area contributed by atoms with E-state index in [1.807, 2.05) is 18.2 Å². The smallest absolute Gasteiger partial charge is 0.268 e. The fourth-order valence-electron chi connectivity index (χ4n) is 3.70. The molecule has 1 aliphatic heterocycles. The molecule has 1 saturated heterocycles. The molecule has 4 aromatic rings. The highest BCUT2D eigenvalue weighted by atomic mass is 16.5. The molecule has 10 nitrogen and oxygen atoms in total. The SMILES string of the molecule is COc1ccc2cc(C(=O)NC3COCC3n3nc(-n4cccn4)ccc3=O)[nH]c2c1. The zero-order valence-electron chi connectivity index (χ0n) is 16.7. The Morgan fingerprint density at radius 1 is 1.26 bits per heavy atom. The van der Waals surface area contributed by atoms with E-state index in [1.165, 1.54) is 10.7 Å². The van der Waals surface area contributed by atoms with Crippen LogP contribution in [0.4, 0.5) is 0 Å². The number of ether oxygens (including phenoxy) is 2. The monoisotopic (exact) mass is 420 g/mol. The zero-order valence-corrected chi connectivity index (χ0v) is 16.7. The molecule has 0 radical (unpaired) electrons. The summed E-state index contributed by atoms with van der Waals surface area (Å²) in [4.78, 5) is 28.5. The summed E-state index contributed by atoms with van der Waals surface area (Å²) in [6, 6.07) is 11.3. The molecule has 0 bridgehead atoms. The second-order valence-electron chi connectivity index (χ2n) is 7.25. The molecule has 31 heavy (non-hydrogen) atoms. The van der Waals surface area contributed by atoms with Crippen molar-refractivity contribution in [3.8, 4) is 11.6 Å². The molecule has 1 aromatic carbocycles. The van der Waals surface area contributed by atoms with Crippen molar-refractivity contribution in [2.45, 2.75) is 12.1 Å². The molecular weight excluding hydrogens is 400 g/mol. The molecule has 5 rings (SSSR count). The first-order valence-corrected chi connectivity index (χ1v) is 9.77. The maximum atomic E-state index is 12.9. The predicted molar refractivity (Wildman–Crippen MR) is 112 cm³/mol. The molecule has 158 valence electrons. The van der Waals surface area contributed by atoms with Gasteiger partial charge in [-0.1, -0.05) is 0 Å². The molecule has 0 saturated carbocycles. The summed E-state index contributed by atoms with van der Waals surface area (Å²) < 4.78 is 13.7. The van der Waals surface area contributed by atoms with Crippen LogP contribution in [-0.4, -0.2) is 56.8 Å². The number of H-pyrrole nitrogens is 1. The Morgan fingerprint density at radius 2 is 2.16 bits per heavy atom. The van der Waals surface area contributed by atoms with E-state index in [0.717, 1.165) is 10.9 Å². The van der Waals surface area contributed by atoms with Gasteiger partial charge in [0.1, 0.15) is 17.5 Å². The summed E-state index contributed by atoms with van der Waals surface area (Å²) in [6.07, 6.45) is 3.38. The molecule has 10 heteroatoms. The van der Waals surface area contributed by atoms with Crippen LogP contribution in [0.15, 0.2) is 59.7 Å². The van der Waals surface area contributed by atoms with Crippen molar-refractivity contribution in [1.29, 1.82) is 0 Å². The molecule has 2 unspecified atom stereocenters. The number of hydrogen-bond acceptors (Lipinski definition) is 6. The van der Waals surface area contributed by atoms with E-state index in [4.69, 9.17) is 9.47 Å². The number of benzene rings is 1. The van der Waals surface area contributed by atoms with Crippen molar-refractivity contribution in [3.05, 3.63) is 70.9 Å². The third-order valence-corrected chi connectivity index (χ3v) is 5.31. The maximum absolute atomic E-state index is 12.9. The van der Waals surface area contributed by atoms with Crippen LogP contribution < -0.4 is 15.6 Å².